The van der Waals surface area contributed by atoms with E-state index in [1.54, 1.807) is 0 Å². The molecule has 0 saturated heterocycles. The molecule has 2 rings (SSSR count). The second-order valence-electron chi connectivity index (χ2n) is 10.9. The summed E-state index contributed by atoms with van der Waals surface area (Å²) in [6.07, 6.45) is -9.25. The van der Waals surface area contributed by atoms with Crippen LogP contribution in [-0.2, 0) is 0 Å². The molecule has 0 fully saturated rings. The number of halogens is 6. The van der Waals surface area contributed by atoms with E-state index < -0.39 is 101 Å². The minimum Gasteiger partial charge on any atom is -0.397 e. The summed E-state index contributed by atoms with van der Waals surface area (Å²) in [5.74, 6) is -1.47. The van der Waals surface area contributed by atoms with Crippen LogP contribution < -0.4 is 11.5 Å². The first-order valence-electron chi connectivity index (χ1n) is 14.3. The monoisotopic (exact) mass is 1380 g/mol. The van der Waals surface area contributed by atoms with Gasteiger partial charge in [-0.15, -0.1) is 0 Å². The molecule has 0 aliphatic heterocycles. The van der Waals surface area contributed by atoms with Gasteiger partial charge in [-0.3, -0.25) is 9.59 Å². The van der Waals surface area contributed by atoms with Crippen molar-refractivity contribution in [2.45, 2.75) is 36.6 Å². The van der Waals surface area contributed by atoms with Crippen molar-refractivity contribution in [3.63, 3.8) is 0 Å². The maximum absolute atomic E-state index is 14.2. The van der Waals surface area contributed by atoms with Crippen LogP contribution >= 0.6 is 136 Å². The van der Waals surface area contributed by atoms with Gasteiger partial charge in [0, 0.05) is 51.6 Å². The molecule has 2 amide bonds. The standard InChI is InChI=1S/C28H36I6N4O12/c29-19-15(21(31)25(35)23(33)17(19)27(49)37(1-9(43)5-39)3-11(45)13(47)7-41)16-20(30)18(24(34)26(36)22(16)32)28(50)38(2-10(44)6-40)4-12(46)14(48)8-42/h9-14,39-48H,1-8,35-36H2. The average Bonchev–Trinajstić information content (AvgIpc) is 3.09. The van der Waals surface area contributed by atoms with Gasteiger partial charge in [-0.1, -0.05) is 0 Å². The third-order valence-corrected chi connectivity index (χ3v) is 14.0. The Morgan fingerprint density at radius 2 is 0.780 bits per heavy atom. The molecule has 282 valence electrons. The van der Waals surface area contributed by atoms with E-state index in [4.69, 9.17) is 11.5 Å². The summed E-state index contributed by atoms with van der Waals surface area (Å²) in [6, 6.07) is 0. The number of aliphatic hydroxyl groups is 10. The van der Waals surface area contributed by atoms with Crippen molar-refractivity contribution >= 4 is 159 Å². The maximum atomic E-state index is 14.2. The number of carbonyl (C=O) groups excluding carboxylic acids is 2. The first kappa shape index (κ1) is 47.1. The van der Waals surface area contributed by atoms with Gasteiger partial charge in [-0.2, -0.15) is 0 Å². The molecule has 0 saturated carbocycles. The van der Waals surface area contributed by atoms with Crippen LogP contribution in [0.4, 0.5) is 11.4 Å². The highest BCUT2D eigenvalue weighted by Crippen LogP contribution is 2.46. The van der Waals surface area contributed by atoms with Gasteiger partial charge in [0.15, 0.2) is 0 Å². The van der Waals surface area contributed by atoms with E-state index in [9.17, 15) is 60.7 Å². The van der Waals surface area contributed by atoms with Crippen LogP contribution in [0.1, 0.15) is 20.7 Å². The number of hydrogen-bond acceptors (Lipinski definition) is 14. The van der Waals surface area contributed by atoms with Gasteiger partial charge < -0.3 is 72.3 Å². The fourth-order valence-corrected chi connectivity index (χ4v) is 12.9. The van der Waals surface area contributed by atoms with Crippen molar-refractivity contribution in [3.8, 4) is 11.1 Å². The van der Waals surface area contributed by atoms with Gasteiger partial charge in [-0.25, -0.2) is 0 Å². The number of carbonyl (C=O) groups is 2. The molecular formula is C28H36I6N4O12. The lowest BCUT2D eigenvalue weighted by Gasteiger charge is -2.31. The number of rotatable bonds is 17. The Hall–Kier alpha value is 0.960. The second kappa shape index (κ2) is 21.3. The molecule has 0 bridgehead atoms. The SMILES string of the molecule is Nc1c(I)c(C(=O)N(CC(O)CO)CC(O)C(O)CO)c(I)c(-c2c(I)c(N)c(I)c(C(=O)N(CC(O)CO)CC(O)C(O)CO)c2I)c1I. The summed E-state index contributed by atoms with van der Waals surface area (Å²) in [6.45, 7) is -4.98. The first-order valence-corrected chi connectivity index (χ1v) is 20.8. The Balaban J connectivity index is 2.93. The van der Waals surface area contributed by atoms with Gasteiger partial charge in [0.05, 0.1) is 80.5 Å². The molecule has 0 aliphatic rings. The molecule has 2 aromatic rings. The Bertz CT molecular complexity index is 1430. The predicted octanol–water partition coefficient (Wildman–Crippen LogP) is -0.835. The molecule has 6 unspecified atom stereocenters. The van der Waals surface area contributed by atoms with Gasteiger partial charge in [0.1, 0.15) is 12.2 Å². The van der Waals surface area contributed by atoms with Crippen LogP contribution in [0.25, 0.3) is 11.1 Å². The van der Waals surface area contributed by atoms with Crippen molar-refractivity contribution < 1.29 is 60.7 Å². The summed E-state index contributed by atoms with van der Waals surface area (Å²) < 4.78 is 2.25. The molecule has 22 heteroatoms. The Morgan fingerprint density at radius 1 is 0.480 bits per heavy atom. The Labute approximate surface area is 368 Å². The second-order valence-corrected chi connectivity index (χ2v) is 17.4. The van der Waals surface area contributed by atoms with Gasteiger partial charge in [-0.05, 0) is 136 Å². The molecule has 0 aromatic heterocycles. The van der Waals surface area contributed by atoms with Gasteiger partial charge in [0.25, 0.3) is 11.8 Å². The zero-order chi connectivity index (χ0) is 38.4. The molecule has 14 N–H and O–H groups in total. The van der Waals surface area contributed by atoms with E-state index in [-0.39, 0.29) is 22.5 Å². The first-order chi connectivity index (χ1) is 23.3. The summed E-state index contributed by atoms with van der Waals surface area (Å²) in [7, 11) is 0. The number of amides is 2. The molecule has 16 nitrogen and oxygen atoms in total. The van der Waals surface area contributed by atoms with Crippen LogP contribution in [0.5, 0.6) is 0 Å². The Kier molecular flexibility index (Phi) is 20.1. The largest absolute Gasteiger partial charge is 0.397 e. The molecule has 50 heavy (non-hydrogen) atoms. The van der Waals surface area contributed by atoms with E-state index in [2.05, 4.69) is 0 Å². The van der Waals surface area contributed by atoms with Gasteiger partial charge >= 0.3 is 0 Å². The zero-order valence-corrected chi connectivity index (χ0v) is 38.7. The van der Waals surface area contributed by atoms with Crippen molar-refractivity contribution in [2.24, 2.45) is 0 Å². The summed E-state index contributed by atoms with van der Waals surface area (Å²) >= 11 is 11.6. The highest BCUT2D eigenvalue weighted by molar-refractivity contribution is 14.1. The third kappa shape index (κ3) is 11.0. The van der Waals surface area contributed by atoms with Crippen LogP contribution in [0.3, 0.4) is 0 Å². The van der Waals surface area contributed by atoms with Crippen molar-refractivity contribution in [1.29, 1.82) is 0 Å². The number of anilines is 2. The smallest absolute Gasteiger partial charge is 0.256 e. The van der Waals surface area contributed by atoms with Crippen LogP contribution in [-0.4, -0.2) is 162 Å². The molecule has 6 atom stereocenters. The zero-order valence-electron chi connectivity index (χ0n) is 25.7. The molecule has 0 spiro atoms. The lowest BCUT2D eigenvalue weighted by atomic mass is 9.98. The summed E-state index contributed by atoms with van der Waals surface area (Å²) in [4.78, 5) is 30.5. The molecule has 2 aromatic carbocycles. The van der Waals surface area contributed by atoms with Crippen LogP contribution in [0, 0.1) is 21.4 Å². The topological polar surface area (TPSA) is 295 Å². The number of nitrogens with zero attached hydrogens (tertiary/aromatic N) is 2. The summed E-state index contributed by atoms with van der Waals surface area (Å²) in [5, 5.41) is 99.0. The fourth-order valence-electron chi connectivity index (χ4n) is 4.54. The van der Waals surface area contributed by atoms with Crippen LogP contribution in [0.15, 0.2) is 0 Å². The van der Waals surface area contributed by atoms with Crippen molar-refractivity contribution in [1.82, 2.24) is 9.80 Å². The minimum absolute atomic E-state index is 0.0420. The van der Waals surface area contributed by atoms with E-state index in [1.165, 1.54) is 0 Å². The van der Waals surface area contributed by atoms with Gasteiger partial charge in [0.2, 0.25) is 0 Å². The number of aliphatic hydroxyl groups excluding tert-OH is 10. The quantitative estimate of drug-likeness (QED) is 0.0681. The maximum Gasteiger partial charge on any atom is 0.256 e. The number of nitrogens with two attached hydrogens (primary N) is 2. The minimum atomic E-state index is -1.61. The molecular weight excluding hydrogens is 1350 g/mol. The predicted molar refractivity (Wildman–Crippen MR) is 233 cm³/mol. The number of hydrogen-bond donors (Lipinski definition) is 12. The highest BCUT2D eigenvalue weighted by atomic mass is 127. The normalized spacial score (nSPS) is 15.3. The van der Waals surface area contributed by atoms with Crippen LogP contribution in [0.2, 0.25) is 0 Å². The van der Waals surface area contributed by atoms with E-state index in [0.29, 0.717) is 32.5 Å². The number of nitrogen functional groups attached to an aromatic ring is 2. The third-order valence-electron chi connectivity index (χ3n) is 7.32. The molecule has 0 heterocycles. The lowest BCUT2D eigenvalue weighted by Crippen LogP contribution is -2.47. The average molecular weight is 1380 g/mol. The van der Waals surface area contributed by atoms with E-state index in [0.717, 1.165) is 9.80 Å². The number of benzene rings is 2. The highest BCUT2D eigenvalue weighted by Gasteiger charge is 2.35. The molecule has 0 aliphatic carbocycles. The fraction of sp³-hybridized carbons (Fsp3) is 0.500. The lowest BCUT2D eigenvalue weighted by molar-refractivity contribution is -0.0329. The molecule has 0 radical (unpaired) electrons. The summed E-state index contributed by atoms with van der Waals surface area (Å²) in [5.41, 5.74) is 14.4. The van der Waals surface area contributed by atoms with Crippen molar-refractivity contribution in [3.05, 3.63) is 32.5 Å². The van der Waals surface area contributed by atoms with Crippen molar-refractivity contribution in [2.75, 3.05) is 64.1 Å². The Morgan fingerprint density at radius 3 is 1.04 bits per heavy atom. The van der Waals surface area contributed by atoms with E-state index >= 15 is 0 Å². The van der Waals surface area contributed by atoms with E-state index in [1.807, 2.05) is 136 Å².